The zero-order chi connectivity index (χ0) is 12.2. The van der Waals surface area contributed by atoms with Crippen LogP contribution in [-0.2, 0) is 13.0 Å². The van der Waals surface area contributed by atoms with E-state index in [0.717, 1.165) is 25.9 Å². The summed E-state index contributed by atoms with van der Waals surface area (Å²) in [6.45, 7) is 1.71. The number of hydroxylamine groups is 2. The van der Waals surface area contributed by atoms with Gasteiger partial charge >= 0.3 is 0 Å². The summed E-state index contributed by atoms with van der Waals surface area (Å²) in [4.78, 5) is 13.9. The lowest BCUT2D eigenvalue weighted by Gasteiger charge is -2.19. The Balaban J connectivity index is 1.75. The van der Waals surface area contributed by atoms with Crippen molar-refractivity contribution < 1.29 is 4.84 Å². The van der Waals surface area contributed by atoms with Gasteiger partial charge in [-0.05, 0) is 24.0 Å². The van der Waals surface area contributed by atoms with Gasteiger partial charge in [0.15, 0.2) is 0 Å². The molecule has 0 saturated carbocycles. The van der Waals surface area contributed by atoms with Crippen LogP contribution in [0.5, 0.6) is 5.88 Å². The Labute approximate surface area is 106 Å². The predicted molar refractivity (Wildman–Crippen MR) is 67.8 cm³/mol. The van der Waals surface area contributed by atoms with E-state index in [0.29, 0.717) is 5.88 Å². The number of benzene rings is 1. The Morgan fingerprint density at radius 1 is 1.11 bits per heavy atom. The van der Waals surface area contributed by atoms with Gasteiger partial charge in [0, 0.05) is 18.9 Å². The summed E-state index contributed by atoms with van der Waals surface area (Å²) in [5.74, 6) is 0.553. The highest BCUT2D eigenvalue weighted by Gasteiger charge is 2.15. The number of hydrogen-bond donors (Lipinski definition) is 0. The molecule has 0 amide bonds. The summed E-state index contributed by atoms with van der Waals surface area (Å²) in [6.07, 6.45) is 7.12. The molecule has 2 aromatic rings. The fraction of sp³-hybridized carbons (Fsp3) is 0.286. The maximum atomic E-state index is 5.75. The molecule has 3 rings (SSSR count). The van der Waals surface area contributed by atoms with Gasteiger partial charge in [0.1, 0.15) is 0 Å². The molecule has 0 spiro atoms. The van der Waals surface area contributed by atoms with Crippen LogP contribution in [0, 0.1) is 0 Å². The van der Waals surface area contributed by atoms with Crippen LogP contribution in [0.3, 0.4) is 0 Å². The minimum atomic E-state index is 0.553. The molecule has 1 aromatic heterocycles. The fourth-order valence-electron chi connectivity index (χ4n) is 2.21. The van der Waals surface area contributed by atoms with Crippen LogP contribution in [0.25, 0.3) is 0 Å². The average Bonchev–Trinajstić information content (AvgIpc) is 2.61. The molecule has 0 N–H and O–H groups in total. The molecule has 1 aromatic carbocycles. The Hall–Kier alpha value is -1.94. The number of rotatable bonds is 2. The van der Waals surface area contributed by atoms with Crippen molar-refractivity contribution in [3.8, 4) is 5.88 Å². The van der Waals surface area contributed by atoms with Gasteiger partial charge in [0.05, 0.1) is 12.7 Å². The van der Waals surface area contributed by atoms with Gasteiger partial charge in [0.2, 0.25) is 0 Å². The molecule has 18 heavy (non-hydrogen) atoms. The summed E-state index contributed by atoms with van der Waals surface area (Å²) < 4.78 is 0. The first-order valence-electron chi connectivity index (χ1n) is 6.17. The van der Waals surface area contributed by atoms with Crippen LogP contribution in [-0.4, -0.2) is 21.6 Å². The number of hydrogen-bond acceptors (Lipinski definition) is 4. The molecule has 4 nitrogen and oxygen atoms in total. The molecule has 0 radical (unpaired) electrons. The summed E-state index contributed by atoms with van der Waals surface area (Å²) >= 11 is 0. The van der Waals surface area contributed by atoms with Crippen LogP contribution >= 0.6 is 0 Å². The topological polar surface area (TPSA) is 38.2 Å². The molecule has 0 atom stereocenters. The fourth-order valence-corrected chi connectivity index (χ4v) is 2.21. The average molecular weight is 241 g/mol. The second-order valence-corrected chi connectivity index (χ2v) is 4.37. The standard InChI is InChI=1S/C14H15N3O/c1-2-5-13-11-17(9-3-6-12(13)4-1)18-14-10-15-7-8-16-14/h1-2,4-5,7-8,10H,3,6,9,11H2. The van der Waals surface area contributed by atoms with Crippen molar-refractivity contribution in [2.24, 2.45) is 0 Å². The lowest BCUT2D eigenvalue weighted by Crippen LogP contribution is -2.27. The summed E-state index contributed by atoms with van der Waals surface area (Å²) in [5, 5.41) is 1.95. The number of fused-ring (bicyclic) bond motifs is 1. The van der Waals surface area contributed by atoms with Crippen LogP contribution < -0.4 is 4.84 Å². The second-order valence-electron chi connectivity index (χ2n) is 4.37. The monoisotopic (exact) mass is 241 g/mol. The number of aryl methyl sites for hydroxylation is 1. The Morgan fingerprint density at radius 2 is 2.00 bits per heavy atom. The molecule has 4 heteroatoms. The highest BCUT2D eigenvalue weighted by Crippen LogP contribution is 2.19. The summed E-state index contributed by atoms with van der Waals surface area (Å²) in [7, 11) is 0. The van der Waals surface area contributed by atoms with E-state index in [2.05, 4.69) is 34.2 Å². The first-order chi connectivity index (χ1) is 8.92. The van der Waals surface area contributed by atoms with Gasteiger partial charge in [-0.25, -0.2) is 4.98 Å². The van der Waals surface area contributed by atoms with Crippen LogP contribution in [0.4, 0.5) is 0 Å². The zero-order valence-electron chi connectivity index (χ0n) is 10.1. The van der Waals surface area contributed by atoms with E-state index < -0.39 is 0 Å². The molecule has 0 saturated heterocycles. The number of nitrogens with zero attached hydrogens (tertiary/aromatic N) is 3. The van der Waals surface area contributed by atoms with Crippen molar-refractivity contribution in [3.05, 3.63) is 54.0 Å². The zero-order valence-corrected chi connectivity index (χ0v) is 10.1. The minimum absolute atomic E-state index is 0.553. The van der Waals surface area contributed by atoms with Gasteiger partial charge in [-0.1, -0.05) is 24.3 Å². The van der Waals surface area contributed by atoms with Gasteiger partial charge in [-0.2, -0.15) is 0 Å². The van der Waals surface area contributed by atoms with Crippen molar-refractivity contribution in [1.82, 2.24) is 15.0 Å². The first kappa shape index (κ1) is 11.2. The van der Waals surface area contributed by atoms with Crippen molar-refractivity contribution in [2.45, 2.75) is 19.4 Å². The minimum Gasteiger partial charge on any atom is -0.384 e. The summed E-state index contributed by atoms with van der Waals surface area (Å²) in [5.41, 5.74) is 2.75. The Kier molecular flexibility index (Phi) is 3.19. The third kappa shape index (κ3) is 2.49. The third-order valence-electron chi connectivity index (χ3n) is 3.08. The molecule has 0 unspecified atom stereocenters. The van der Waals surface area contributed by atoms with E-state index in [1.165, 1.54) is 11.1 Å². The van der Waals surface area contributed by atoms with Gasteiger partial charge in [0.25, 0.3) is 5.88 Å². The first-order valence-corrected chi connectivity index (χ1v) is 6.17. The molecule has 0 bridgehead atoms. The van der Waals surface area contributed by atoms with Crippen LogP contribution in [0.2, 0.25) is 0 Å². The molecule has 1 aliphatic heterocycles. The SMILES string of the molecule is c1ccc2c(c1)CCCN(Oc1cnccn1)C2. The van der Waals surface area contributed by atoms with Crippen molar-refractivity contribution in [3.63, 3.8) is 0 Å². The molecule has 0 fully saturated rings. The maximum absolute atomic E-state index is 5.75. The molecule has 2 heterocycles. The number of aromatic nitrogens is 2. The lowest BCUT2D eigenvalue weighted by molar-refractivity contribution is -0.0699. The largest absolute Gasteiger partial charge is 0.384 e. The molecular weight excluding hydrogens is 226 g/mol. The van der Waals surface area contributed by atoms with Crippen LogP contribution in [0.1, 0.15) is 17.5 Å². The van der Waals surface area contributed by atoms with Gasteiger partial charge in [-0.3, -0.25) is 4.98 Å². The van der Waals surface area contributed by atoms with E-state index in [-0.39, 0.29) is 0 Å². The van der Waals surface area contributed by atoms with Crippen molar-refractivity contribution >= 4 is 0 Å². The highest BCUT2D eigenvalue weighted by atomic mass is 16.7. The smallest absolute Gasteiger partial charge is 0.256 e. The van der Waals surface area contributed by atoms with E-state index in [1.54, 1.807) is 18.6 Å². The molecule has 0 aliphatic carbocycles. The van der Waals surface area contributed by atoms with Crippen molar-refractivity contribution in [2.75, 3.05) is 6.54 Å². The van der Waals surface area contributed by atoms with E-state index >= 15 is 0 Å². The van der Waals surface area contributed by atoms with E-state index in [4.69, 9.17) is 4.84 Å². The van der Waals surface area contributed by atoms with Gasteiger partial charge in [-0.15, -0.1) is 5.06 Å². The summed E-state index contributed by atoms with van der Waals surface area (Å²) in [6, 6.07) is 8.53. The molecule has 1 aliphatic rings. The normalized spacial score (nSPS) is 15.8. The van der Waals surface area contributed by atoms with E-state index in [1.807, 2.05) is 5.06 Å². The second kappa shape index (κ2) is 5.14. The molecule has 92 valence electrons. The van der Waals surface area contributed by atoms with Crippen LogP contribution in [0.15, 0.2) is 42.9 Å². The lowest BCUT2D eigenvalue weighted by atomic mass is 10.0. The highest BCUT2D eigenvalue weighted by molar-refractivity contribution is 5.27. The third-order valence-corrected chi connectivity index (χ3v) is 3.08. The van der Waals surface area contributed by atoms with E-state index in [9.17, 15) is 0 Å². The van der Waals surface area contributed by atoms with Crippen molar-refractivity contribution in [1.29, 1.82) is 0 Å². The maximum Gasteiger partial charge on any atom is 0.256 e. The Bertz CT molecular complexity index is 515. The predicted octanol–water partition coefficient (Wildman–Crippen LogP) is 2.22. The Morgan fingerprint density at radius 3 is 2.83 bits per heavy atom. The quantitative estimate of drug-likeness (QED) is 0.808. The van der Waals surface area contributed by atoms with Gasteiger partial charge < -0.3 is 4.84 Å². The molecular formula is C14H15N3O.